The van der Waals surface area contributed by atoms with Crippen LogP contribution in [0, 0.1) is 0 Å². The van der Waals surface area contributed by atoms with Gasteiger partial charge in [0.1, 0.15) is 0 Å². The van der Waals surface area contributed by atoms with Crippen molar-refractivity contribution in [3.05, 3.63) is 5.09 Å². The van der Waals surface area contributed by atoms with Crippen LogP contribution in [-0.2, 0) is 0 Å². The minimum atomic E-state index is 0. The summed E-state index contributed by atoms with van der Waals surface area (Å²) < 4.78 is 0. The van der Waals surface area contributed by atoms with E-state index in [1.54, 1.807) is 0 Å². The maximum Gasteiger partial charge on any atom is 1.00 e. The van der Waals surface area contributed by atoms with E-state index in [9.17, 15) is 0 Å². The van der Waals surface area contributed by atoms with Crippen LogP contribution in [0.4, 0.5) is 0 Å². The molecule has 0 aliphatic heterocycles. The predicted octanol–water partition coefficient (Wildman–Crippen LogP) is -0.300. The fraction of sp³-hybridized carbons (Fsp3) is 1.00. The number of hydrogen-bond acceptors (Lipinski definition) is 1. The Kier molecular flexibility index (Phi) is 37.6. The van der Waals surface area contributed by atoms with Crippen LogP contribution in [-0.4, -0.2) is 13.1 Å². The van der Waals surface area contributed by atoms with E-state index in [1.165, 1.54) is 19.3 Å². The largest absolute Gasteiger partial charge is 1.00 e. The summed E-state index contributed by atoms with van der Waals surface area (Å²) in [5, 5.41) is 3.92. The summed E-state index contributed by atoms with van der Waals surface area (Å²) in [6.07, 6.45) is 4.91. The van der Waals surface area contributed by atoms with Crippen LogP contribution in [0.25, 0.3) is 5.09 Å². The number of unbranched alkanes of at least 4 members (excludes halogenated alkanes) is 3. The number of nitrogens with zero attached hydrogens (tertiary/aromatic N) is 1. The van der Waals surface area contributed by atoms with Gasteiger partial charge in [-0.25, -0.2) is 0 Å². The maximum atomic E-state index is 5.32. The fourth-order valence-corrected chi connectivity index (χ4v) is 0.884. The molecule has 0 aliphatic carbocycles. The van der Waals surface area contributed by atoms with Crippen molar-refractivity contribution in [1.82, 2.24) is 0 Å². The molecule has 0 spiro atoms. The van der Waals surface area contributed by atoms with Gasteiger partial charge in [-0.1, -0.05) is 33.1 Å². The van der Waals surface area contributed by atoms with Gasteiger partial charge < -0.3 is 10.8 Å². The molecule has 70 valence electrons. The normalized spacial score (nSPS) is 8.00. The summed E-state index contributed by atoms with van der Waals surface area (Å²) >= 11 is 0. The van der Waals surface area contributed by atoms with Gasteiger partial charge >= 0.3 is 51.4 Å². The molecular weight excluding hydrogens is 194 g/mol. The molecule has 2 N–H and O–H groups in total. The van der Waals surface area contributed by atoms with E-state index in [-0.39, 0.29) is 51.4 Å². The van der Waals surface area contributed by atoms with Crippen LogP contribution in [0.5, 0.6) is 0 Å². The zero-order valence-electron chi connectivity index (χ0n) is 8.84. The van der Waals surface area contributed by atoms with Crippen LogP contribution in [0.2, 0.25) is 0 Å². The first-order valence-corrected chi connectivity index (χ1v) is 5.00. The molecule has 0 saturated carbocycles. The summed E-state index contributed by atoms with van der Waals surface area (Å²) in [5.41, 5.74) is 5.32. The van der Waals surface area contributed by atoms with E-state index in [0.29, 0.717) is 0 Å². The third-order valence-electron chi connectivity index (χ3n) is 1.24. The molecule has 0 aromatic heterocycles. The molecule has 0 radical (unpaired) electrons. The Hall–Kier alpha value is 1.99. The molecule has 0 heterocycles. The zero-order chi connectivity index (χ0) is 8.95. The molecule has 0 rings (SSSR count). The Morgan fingerprint density at radius 3 is 2.00 bits per heavy atom. The van der Waals surface area contributed by atoms with Crippen molar-refractivity contribution in [3.8, 4) is 0 Å². The third-order valence-corrected chi connectivity index (χ3v) is 1.50. The number of hydrogen-bond donors (Lipinski definition) is 1. The summed E-state index contributed by atoms with van der Waals surface area (Å²) in [6, 6.07) is 0. The average Bonchev–Trinajstić information content (AvgIpc) is 2.08. The van der Waals surface area contributed by atoms with Gasteiger partial charge in [0, 0.05) is 0 Å². The van der Waals surface area contributed by atoms with Crippen LogP contribution in [0.3, 0.4) is 0 Å². The van der Waals surface area contributed by atoms with Crippen molar-refractivity contribution < 1.29 is 51.4 Å². The average molecular weight is 216 g/mol. The predicted molar refractivity (Wildman–Crippen MR) is 56.8 cm³/mol. The van der Waals surface area contributed by atoms with Gasteiger partial charge in [-0.2, -0.15) is 0 Å². The van der Waals surface area contributed by atoms with Crippen molar-refractivity contribution in [2.45, 2.75) is 39.5 Å². The Morgan fingerprint density at radius 2 is 1.58 bits per heavy atom. The second-order valence-electron chi connectivity index (χ2n) is 2.11. The Labute approximate surface area is 122 Å². The zero-order valence-corrected chi connectivity index (χ0v) is 13.1. The molecule has 0 aromatic rings. The van der Waals surface area contributed by atoms with Crippen molar-refractivity contribution in [2.75, 3.05) is 13.1 Å². The second-order valence-corrected chi connectivity index (χ2v) is 2.47. The van der Waals surface area contributed by atoms with Crippen LogP contribution in [0.15, 0.2) is 0 Å². The standard InChI is InChI=1S/C6H16N2P.C2H6.K/c7-5-3-1-2-4-6-8-9;1-2;/h1-7,9H2;1-2H3;/q-1;;+1. The monoisotopic (exact) mass is 216 g/mol. The van der Waals surface area contributed by atoms with Gasteiger partial charge in [0.25, 0.3) is 0 Å². The van der Waals surface area contributed by atoms with Gasteiger partial charge in [0.2, 0.25) is 0 Å². The van der Waals surface area contributed by atoms with Crippen LogP contribution in [0.1, 0.15) is 39.5 Å². The molecule has 12 heavy (non-hydrogen) atoms. The molecular formula is C8H22KN2P. The van der Waals surface area contributed by atoms with Gasteiger partial charge in [0.05, 0.1) is 0 Å². The minimum absolute atomic E-state index is 0. The topological polar surface area (TPSA) is 40.1 Å². The minimum Gasteiger partial charge on any atom is -0.642 e. The first-order valence-electron chi connectivity index (χ1n) is 4.48. The summed E-state index contributed by atoms with van der Waals surface area (Å²) in [6.45, 7) is 5.81. The van der Waals surface area contributed by atoms with Gasteiger partial charge in [0.15, 0.2) is 0 Å². The van der Waals surface area contributed by atoms with Gasteiger partial charge in [-0.15, -0.1) is 6.54 Å². The van der Waals surface area contributed by atoms with Crippen LogP contribution < -0.4 is 57.1 Å². The molecule has 0 bridgehead atoms. The summed E-state index contributed by atoms with van der Waals surface area (Å²) in [7, 11) is 2.38. The maximum absolute atomic E-state index is 5.32. The smallest absolute Gasteiger partial charge is 0.642 e. The van der Waals surface area contributed by atoms with Crippen molar-refractivity contribution in [2.24, 2.45) is 5.73 Å². The fourth-order valence-electron chi connectivity index (χ4n) is 0.701. The van der Waals surface area contributed by atoms with E-state index in [1.807, 2.05) is 13.8 Å². The van der Waals surface area contributed by atoms with Crippen molar-refractivity contribution in [3.63, 3.8) is 0 Å². The molecule has 0 amide bonds. The molecule has 1 unspecified atom stereocenters. The van der Waals surface area contributed by atoms with E-state index >= 15 is 0 Å². The van der Waals surface area contributed by atoms with E-state index in [0.717, 1.165) is 19.5 Å². The van der Waals surface area contributed by atoms with E-state index < -0.39 is 0 Å². The Bertz CT molecular complexity index is 50.3. The summed E-state index contributed by atoms with van der Waals surface area (Å²) in [5.74, 6) is 0. The molecule has 2 nitrogen and oxygen atoms in total. The summed E-state index contributed by atoms with van der Waals surface area (Å²) in [4.78, 5) is 0. The van der Waals surface area contributed by atoms with Crippen molar-refractivity contribution >= 4 is 9.39 Å². The van der Waals surface area contributed by atoms with Crippen LogP contribution >= 0.6 is 9.39 Å². The van der Waals surface area contributed by atoms with Gasteiger partial charge in [-0.05, 0) is 13.0 Å². The molecule has 0 aromatic carbocycles. The quantitative estimate of drug-likeness (QED) is 0.370. The number of rotatable bonds is 6. The Morgan fingerprint density at radius 1 is 1.08 bits per heavy atom. The molecule has 0 saturated heterocycles. The van der Waals surface area contributed by atoms with Crippen molar-refractivity contribution in [1.29, 1.82) is 0 Å². The molecule has 0 fully saturated rings. The van der Waals surface area contributed by atoms with E-state index in [2.05, 4.69) is 14.5 Å². The Balaban J connectivity index is -0.000000249. The SMILES string of the molecule is CC.NCCCCCC[N-]P.[K+]. The van der Waals surface area contributed by atoms with E-state index in [4.69, 9.17) is 5.73 Å². The first-order chi connectivity index (χ1) is 5.41. The molecule has 0 aliphatic rings. The second kappa shape index (κ2) is 23.1. The van der Waals surface area contributed by atoms with Gasteiger partial charge in [-0.3, -0.25) is 9.39 Å². The first kappa shape index (κ1) is 19.5. The molecule has 4 heteroatoms. The third kappa shape index (κ3) is 22.7. The number of nitrogens with two attached hydrogens (primary N) is 1. The molecule has 1 atom stereocenters.